The monoisotopic (exact) mass is 271 g/mol. The average molecular weight is 271 g/mol. The van der Waals surface area contributed by atoms with Crippen molar-refractivity contribution in [2.24, 2.45) is 10.7 Å². The Labute approximate surface area is 116 Å². The molecule has 1 fully saturated rings. The van der Waals surface area contributed by atoms with Gasteiger partial charge in [0.05, 0.1) is 6.54 Å². The molecule has 0 aromatic rings. The van der Waals surface area contributed by atoms with Gasteiger partial charge in [0, 0.05) is 10.8 Å². The number of rotatable bonds is 6. The molecule has 0 radical (unpaired) electrons. The van der Waals surface area contributed by atoms with Gasteiger partial charge in [0.1, 0.15) is 0 Å². The van der Waals surface area contributed by atoms with Gasteiger partial charge < -0.3 is 11.1 Å². The maximum atomic E-state index is 6.01. The summed E-state index contributed by atoms with van der Waals surface area (Å²) in [6.45, 7) is 5.30. The van der Waals surface area contributed by atoms with Crippen molar-refractivity contribution in [1.29, 1.82) is 0 Å². The molecule has 0 heterocycles. The van der Waals surface area contributed by atoms with E-state index in [1.165, 1.54) is 32.1 Å². The molecule has 18 heavy (non-hydrogen) atoms. The van der Waals surface area contributed by atoms with Crippen LogP contribution in [0.1, 0.15) is 58.8 Å². The minimum Gasteiger partial charge on any atom is -0.370 e. The number of nitrogens with two attached hydrogens (primary N) is 1. The summed E-state index contributed by atoms with van der Waals surface area (Å²) in [5.74, 6) is 0.641. The normalized spacial score (nSPS) is 18.9. The van der Waals surface area contributed by atoms with Crippen LogP contribution in [0.3, 0.4) is 0 Å². The number of thioether (sulfide) groups is 1. The molecule has 0 saturated heterocycles. The van der Waals surface area contributed by atoms with E-state index in [-0.39, 0.29) is 4.75 Å². The Morgan fingerprint density at radius 1 is 1.28 bits per heavy atom. The van der Waals surface area contributed by atoms with E-state index in [4.69, 9.17) is 5.73 Å². The van der Waals surface area contributed by atoms with Crippen molar-refractivity contribution in [1.82, 2.24) is 5.32 Å². The van der Waals surface area contributed by atoms with E-state index in [9.17, 15) is 0 Å². The van der Waals surface area contributed by atoms with Crippen molar-refractivity contribution in [2.75, 3.05) is 12.8 Å². The fraction of sp³-hybridized carbons (Fsp3) is 0.929. The van der Waals surface area contributed by atoms with Gasteiger partial charge in [0.25, 0.3) is 0 Å². The highest BCUT2D eigenvalue weighted by atomic mass is 32.2. The number of aliphatic imine (C=N–C) groups is 1. The molecular formula is C14H29N3S. The minimum absolute atomic E-state index is 0.263. The maximum absolute atomic E-state index is 6.01. The Morgan fingerprint density at radius 2 is 1.89 bits per heavy atom. The predicted molar refractivity (Wildman–Crippen MR) is 83.3 cm³/mol. The van der Waals surface area contributed by atoms with E-state index in [1.54, 1.807) is 0 Å². The molecule has 1 rings (SSSR count). The van der Waals surface area contributed by atoms with Gasteiger partial charge in [-0.1, -0.05) is 33.1 Å². The van der Waals surface area contributed by atoms with E-state index in [2.05, 4.69) is 30.4 Å². The summed E-state index contributed by atoms with van der Waals surface area (Å²) in [6, 6.07) is 0.550. The van der Waals surface area contributed by atoms with E-state index in [1.807, 2.05) is 11.8 Å². The van der Waals surface area contributed by atoms with Gasteiger partial charge in [-0.15, -0.1) is 0 Å². The van der Waals surface area contributed by atoms with Crippen LogP contribution < -0.4 is 11.1 Å². The van der Waals surface area contributed by atoms with Crippen molar-refractivity contribution < 1.29 is 0 Å². The fourth-order valence-electron chi connectivity index (χ4n) is 2.56. The quantitative estimate of drug-likeness (QED) is 0.576. The molecule has 1 saturated carbocycles. The molecule has 4 heteroatoms. The number of guanidine groups is 1. The Hall–Kier alpha value is -0.380. The molecular weight excluding hydrogens is 242 g/mol. The van der Waals surface area contributed by atoms with E-state index < -0.39 is 0 Å². The van der Waals surface area contributed by atoms with Crippen molar-refractivity contribution in [3.05, 3.63) is 0 Å². The van der Waals surface area contributed by atoms with Crippen LogP contribution in [-0.2, 0) is 0 Å². The van der Waals surface area contributed by atoms with Crippen molar-refractivity contribution in [2.45, 2.75) is 69.6 Å². The average Bonchev–Trinajstić information content (AvgIpc) is 2.42. The summed E-state index contributed by atoms with van der Waals surface area (Å²) in [4.78, 5) is 4.57. The highest BCUT2D eigenvalue weighted by Crippen LogP contribution is 2.30. The van der Waals surface area contributed by atoms with Gasteiger partial charge in [-0.25, -0.2) is 0 Å². The Bertz CT molecular complexity index is 248. The molecule has 0 amide bonds. The highest BCUT2D eigenvalue weighted by Gasteiger charge is 2.24. The Balaban J connectivity index is 2.44. The van der Waals surface area contributed by atoms with Crippen LogP contribution in [0.5, 0.6) is 0 Å². The van der Waals surface area contributed by atoms with Crippen LogP contribution in [0.2, 0.25) is 0 Å². The number of hydrogen-bond acceptors (Lipinski definition) is 2. The second kappa shape index (κ2) is 7.93. The maximum Gasteiger partial charge on any atom is 0.188 e. The summed E-state index contributed by atoms with van der Waals surface area (Å²) in [6.07, 6.45) is 11.0. The summed E-state index contributed by atoms with van der Waals surface area (Å²) in [5, 5.41) is 3.38. The molecule has 0 atom stereocenters. The first-order chi connectivity index (χ1) is 8.65. The molecule has 3 nitrogen and oxygen atoms in total. The summed E-state index contributed by atoms with van der Waals surface area (Å²) in [7, 11) is 0. The number of hydrogen-bond donors (Lipinski definition) is 2. The van der Waals surface area contributed by atoms with E-state index in [0.29, 0.717) is 12.0 Å². The molecule has 0 unspecified atom stereocenters. The third kappa shape index (κ3) is 4.71. The first-order valence-electron chi connectivity index (χ1n) is 7.27. The first-order valence-corrected chi connectivity index (χ1v) is 8.50. The smallest absolute Gasteiger partial charge is 0.188 e. The lowest BCUT2D eigenvalue weighted by Crippen LogP contribution is -2.42. The van der Waals surface area contributed by atoms with Crippen LogP contribution in [0.25, 0.3) is 0 Å². The SMILES string of the molecule is CCC(CC)(CN=C(N)NC1CCCCC1)SC. The van der Waals surface area contributed by atoms with Gasteiger partial charge in [-0.05, 0) is 31.9 Å². The lowest BCUT2D eigenvalue weighted by molar-refractivity contribution is 0.412. The molecule has 1 aliphatic rings. The van der Waals surface area contributed by atoms with Crippen LogP contribution in [0.15, 0.2) is 4.99 Å². The third-order valence-corrected chi connectivity index (χ3v) is 5.79. The Kier molecular flexibility index (Phi) is 6.90. The van der Waals surface area contributed by atoms with Crippen LogP contribution in [0, 0.1) is 0 Å². The second-order valence-corrected chi connectivity index (χ2v) is 6.55. The van der Waals surface area contributed by atoms with Gasteiger partial charge >= 0.3 is 0 Å². The molecule has 106 valence electrons. The third-order valence-electron chi connectivity index (χ3n) is 4.22. The molecule has 3 N–H and O–H groups in total. The lowest BCUT2D eigenvalue weighted by Gasteiger charge is -2.28. The molecule has 0 aliphatic heterocycles. The molecule has 0 spiro atoms. The van der Waals surface area contributed by atoms with E-state index in [0.717, 1.165) is 19.4 Å². The van der Waals surface area contributed by atoms with Crippen molar-refractivity contribution in [3.63, 3.8) is 0 Å². The lowest BCUT2D eigenvalue weighted by atomic mass is 9.96. The van der Waals surface area contributed by atoms with Crippen LogP contribution >= 0.6 is 11.8 Å². The standard InChI is InChI=1S/C14H29N3S/c1-4-14(5-2,18-3)11-16-13(15)17-12-9-7-6-8-10-12/h12H,4-11H2,1-3H3,(H3,15,16,17). The summed E-state index contributed by atoms with van der Waals surface area (Å²) >= 11 is 1.92. The minimum atomic E-state index is 0.263. The topological polar surface area (TPSA) is 50.4 Å². The van der Waals surface area contributed by atoms with Crippen molar-refractivity contribution >= 4 is 17.7 Å². The highest BCUT2D eigenvalue weighted by molar-refractivity contribution is 8.00. The molecule has 0 aromatic carbocycles. The summed E-state index contributed by atoms with van der Waals surface area (Å²) in [5.41, 5.74) is 6.01. The molecule has 0 aromatic heterocycles. The van der Waals surface area contributed by atoms with Gasteiger partial charge in [-0.2, -0.15) is 11.8 Å². The van der Waals surface area contributed by atoms with Gasteiger partial charge in [0.15, 0.2) is 5.96 Å². The molecule has 0 bridgehead atoms. The number of nitrogens with one attached hydrogen (secondary N) is 1. The zero-order valence-electron chi connectivity index (χ0n) is 12.2. The fourth-order valence-corrected chi connectivity index (χ4v) is 3.33. The predicted octanol–water partition coefficient (Wildman–Crippen LogP) is 3.15. The van der Waals surface area contributed by atoms with Gasteiger partial charge in [0.2, 0.25) is 0 Å². The number of nitrogens with zero attached hydrogens (tertiary/aromatic N) is 1. The largest absolute Gasteiger partial charge is 0.370 e. The van der Waals surface area contributed by atoms with E-state index >= 15 is 0 Å². The van der Waals surface area contributed by atoms with Gasteiger partial charge in [-0.3, -0.25) is 4.99 Å². The summed E-state index contributed by atoms with van der Waals surface area (Å²) < 4.78 is 0.263. The zero-order valence-corrected chi connectivity index (χ0v) is 13.0. The zero-order chi connectivity index (χ0) is 13.4. The first kappa shape index (κ1) is 15.7. The van der Waals surface area contributed by atoms with Crippen LogP contribution in [-0.4, -0.2) is 29.5 Å². The second-order valence-electron chi connectivity index (χ2n) is 5.27. The molecule has 1 aliphatic carbocycles. The Morgan fingerprint density at radius 3 is 2.39 bits per heavy atom. The van der Waals surface area contributed by atoms with Crippen molar-refractivity contribution in [3.8, 4) is 0 Å². The van der Waals surface area contributed by atoms with Crippen LogP contribution in [0.4, 0.5) is 0 Å².